The Balaban J connectivity index is 0.000000143. The summed E-state index contributed by atoms with van der Waals surface area (Å²) < 4.78 is 0. The minimum absolute atomic E-state index is 0.107. The minimum atomic E-state index is -0.116. The molecule has 8 N–H and O–H groups in total. The van der Waals surface area contributed by atoms with Crippen LogP contribution < -0.4 is 47.4 Å². The predicted octanol–water partition coefficient (Wildman–Crippen LogP) is 18.2. The summed E-state index contributed by atoms with van der Waals surface area (Å²) >= 11 is 10.2. The van der Waals surface area contributed by atoms with Gasteiger partial charge in [-0.25, -0.2) is 4.79 Å². The third kappa shape index (κ3) is 19.9. The molecule has 0 atom stereocenters. The zero-order valence-electron chi connectivity index (χ0n) is 58.8. The lowest BCUT2D eigenvalue weighted by molar-refractivity contribution is -0.117. The fourth-order valence-electron chi connectivity index (χ4n) is 11.9. The van der Waals surface area contributed by atoms with Crippen LogP contribution in [0.15, 0.2) is 127 Å². The monoisotopic (exact) mass is 1330 g/mol. The van der Waals surface area contributed by atoms with Crippen molar-refractivity contribution in [3.63, 3.8) is 0 Å². The summed E-state index contributed by atoms with van der Waals surface area (Å²) in [6, 6.07) is 44.3. The number of nitrogens with one attached hydrogen (secondary N) is 8. The van der Waals surface area contributed by atoms with Crippen molar-refractivity contribution in [2.45, 2.75) is 197 Å². The van der Waals surface area contributed by atoms with Gasteiger partial charge in [0.05, 0.1) is 17.8 Å². The van der Waals surface area contributed by atoms with Crippen molar-refractivity contribution in [2.75, 3.05) is 43.3 Å². The number of hydrogen-bond acceptors (Lipinski definition) is 7. The maximum atomic E-state index is 11.4. The lowest BCUT2D eigenvalue weighted by Gasteiger charge is -2.21. The zero-order valence-corrected chi connectivity index (χ0v) is 60.5. The van der Waals surface area contributed by atoms with Gasteiger partial charge in [0.2, 0.25) is 23.6 Å². The summed E-state index contributed by atoms with van der Waals surface area (Å²) in [6.45, 7) is 34.5. The lowest BCUT2D eigenvalue weighted by atomic mass is 9.95. The molecule has 7 heterocycles. The van der Waals surface area contributed by atoms with Gasteiger partial charge in [0.1, 0.15) is 0 Å². The number of nitrogens with zero attached hydrogens (tertiary/aromatic N) is 1. The van der Waals surface area contributed by atoms with Crippen LogP contribution in [0.3, 0.4) is 0 Å². The Morgan fingerprint density at radius 2 is 0.688 bits per heavy atom. The van der Waals surface area contributed by atoms with Crippen LogP contribution in [-0.4, -0.2) is 46.3 Å². The molecule has 7 aromatic carbocycles. The second kappa shape index (κ2) is 33.3. The molecule has 6 amide bonds. The van der Waals surface area contributed by atoms with Crippen LogP contribution >= 0.6 is 24.4 Å². The molecule has 14 nitrogen and oxygen atoms in total. The Bertz CT molecular complexity index is 3670. The second-order valence-corrected chi connectivity index (χ2v) is 28.6. The van der Waals surface area contributed by atoms with Crippen LogP contribution in [0.2, 0.25) is 0 Å². The van der Waals surface area contributed by atoms with E-state index in [2.05, 4.69) is 243 Å². The first kappa shape index (κ1) is 73.1. The number of rotatable bonds is 7. The van der Waals surface area contributed by atoms with Crippen molar-refractivity contribution in [2.24, 2.45) is 0 Å². The average molecular weight is 1330 g/mol. The van der Waals surface area contributed by atoms with E-state index in [4.69, 9.17) is 24.4 Å². The SMILES string of the molecule is CC(=O)N1CCc2cc(C(C)C)ccc21.CC(C)c1ccc2c(c1)CC(=O)N2.CC(C)c1ccc2c(c1)CC(=O)N2.CC(C)c1ccc2c(c1)CC(=S)N2.CC(C)c1ccc2c(c1)CCC(=O)N2.CC(C)c1ccc2c(c1)CNC(=O)N2.CC(C)c1ccc2c(c1)CNC(=S)N2. The Morgan fingerprint density at radius 3 is 1.11 bits per heavy atom. The number of aryl methyl sites for hydroxylation is 1. The molecule has 0 saturated carbocycles. The lowest BCUT2D eigenvalue weighted by Crippen LogP contribution is -2.33. The number of carbonyl (C=O) groups excluding carboxylic acids is 5. The Hall–Kier alpha value is -8.73. The summed E-state index contributed by atoms with van der Waals surface area (Å²) in [5.41, 5.74) is 25.4. The van der Waals surface area contributed by atoms with E-state index in [1.54, 1.807) is 6.92 Å². The van der Waals surface area contributed by atoms with E-state index in [1.807, 2.05) is 29.2 Å². The topological polar surface area (TPSA) is 185 Å². The first-order valence-electron chi connectivity index (χ1n) is 34.1. The largest absolute Gasteiger partial charge is 0.358 e. The van der Waals surface area contributed by atoms with Gasteiger partial charge in [0.25, 0.3) is 0 Å². The molecule has 14 rings (SSSR count). The molecule has 0 spiro atoms. The van der Waals surface area contributed by atoms with Gasteiger partial charge >= 0.3 is 6.03 Å². The molecular formula is C80H99N9O5S2. The highest BCUT2D eigenvalue weighted by molar-refractivity contribution is 7.80. The summed E-state index contributed by atoms with van der Waals surface area (Å²) in [5.74, 6) is 4.36. The molecule has 96 heavy (non-hydrogen) atoms. The van der Waals surface area contributed by atoms with Crippen LogP contribution in [0.4, 0.5) is 44.6 Å². The van der Waals surface area contributed by atoms with E-state index >= 15 is 0 Å². The first-order chi connectivity index (χ1) is 45.6. The Kier molecular flexibility index (Phi) is 25.3. The van der Waals surface area contributed by atoms with Crippen molar-refractivity contribution in [3.05, 3.63) is 205 Å². The highest BCUT2D eigenvalue weighted by Gasteiger charge is 2.24. The number of thiocarbonyl (C=S) groups is 2. The molecule has 0 saturated heterocycles. The van der Waals surface area contributed by atoms with Gasteiger partial charge in [-0.1, -0.05) is 194 Å². The van der Waals surface area contributed by atoms with E-state index in [9.17, 15) is 24.0 Å². The summed E-state index contributed by atoms with van der Waals surface area (Å²) in [4.78, 5) is 58.5. The van der Waals surface area contributed by atoms with Gasteiger partial charge in [-0.3, -0.25) is 19.2 Å². The van der Waals surface area contributed by atoms with E-state index in [1.165, 1.54) is 66.9 Å². The highest BCUT2D eigenvalue weighted by atomic mass is 32.1. The Morgan fingerprint density at radius 1 is 0.354 bits per heavy atom. The number of anilines is 7. The maximum absolute atomic E-state index is 11.4. The van der Waals surface area contributed by atoms with Crippen molar-refractivity contribution >= 4 is 104 Å². The van der Waals surface area contributed by atoms with Gasteiger partial charge < -0.3 is 47.4 Å². The zero-order chi connectivity index (χ0) is 69.7. The molecule has 7 aliphatic heterocycles. The van der Waals surface area contributed by atoms with Crippen LogP contribution in [0.5, 0.6) is 0 Å². The average Bonchev–Trinajstić information content (AvgIpc) is 1.53. The molecule has 506 valence electrons. The van der Waals surface area contributed by atoms with E-state index in [-0.39, 0.29) is 29.7 Å². The summed E-state index contributed by atoms with van der Waals surface area (Å²) in [7, 11) is 0. The number of urea groups is 1. The molecule has 0 aromatic heterocycles. The van der Waals surface area contributed by atoms with Gasteiger partial charge in [-0.05, 0) is 187 Å². The molecule has 0 aliphatic carbocycles. The molecular weight excluding hydrogens is 1230 g/mol. The Labute approximate surface area is 580 Å². The summed E-state index contributed by atoms with van der Waals surface area (Å²) in [6.07, 6.45) is 4.47. The van der Waals surface area contributed by atoms with Crippen molar-refractivity contribution in [3.8, 4) is 0 Å². The van der Waals surface area contributed by atoms with Crippen molar-refractivity contribution in [1.29, 1.82) is 0 Å². The standard InChI is InChI=1S/C13H17NO.C12H15NO.C11H14N2O.C11H14N2S.2C11H13NO.C11H13NS/c1-9(2)11-4-5-13-12(8-11)6-7-14(13)10(3)15;1-8(2)9-3-5-11-10(7-9)4-6-12(14)13-11;2*1-7(2)8-3-4-10-9(5-8)6-12-11(14)13-10;3*1-7(2)8-3-4-10-9(5-8)6-11(13)12-10/h4-5,8-9H,6-7H2,1-3H3;3,5,7-8H,4,6H2,1-2H3,(H,13,14);2*3-5,7H,6H2,1-2H3,(H2,12,13,14);3*3-5,7H,6H2,1-2H3,(H,12,13). The van der Waals surface area contributed by atoms with Crippen molar-refractivity contribution in [1.82, 2.24) is 10.6 Å². The number of carbonyl (C=O) groups is 5. The quantitative estimate of drug-likeness (QED) is 0.0715. The molecule has 0 unspecified atom stereocenters. The molecule has 7 aliphatic rings. The normalized spacial score (nSPS) is 14.7. The number of fused-ring (bicyclic) bond motifs is 7. The number of hydrogen-bond donors (Lipinski definition) is 8. The highest BCUT2D eigenvalue weighted by Crippen LogP contribution is 2.34. The van der Waals surface area contributed by atoms with Crippen molar-refractivity contribution < 1.29 is 24.0 Å². The first-order valence-corrected chi connectivity index (χ1v) is 34.9. The van der Waals surface area contributed by atoms with Crippen LogP contribution in [-0.2, 0) is 64.4 Å². The second-order valence-electron chi connectivity index (χ2n) is 27.7. The molecule has 0 radical (unpaired) electrons. The fourth-order valence-corrected chi connectivity index (χ4v) is 12.3. The third-order valence-electron chi connectivity index (χ3n) is 18.0. The maximum Gasteiger partial charge on any atom is 0.319 e. The van der Waals surface area contributed by atoms with E-state index in [0.29, 0.717) is 67.2 Å². The van der Waals surface area contributed by atoms with Crippen LogP contribution in [0.1, 0.15) is 230 Å². The number of amides is 6. The van der Waals surface area contributed by atoms with Gasteiger partial charge in [-0.15, -0.1) is 0 Å². The van der Waals surface area contributed by atoms with Gasteiger partial charge in [0, 0.05) is 79.2 Å². The molecule has 7 aromatic rings. The van der Waals surface area contributed by atoms with E-state index < -0.39 is 0 Å². The third-order valence-corrected chi connectivity index (χ3v) is 18.5. The van der Waals surface area contributed by atoms with Crippen LogP contribution in [0.25, 0.3) is 0 Å². The minimum Gasteiger partial charge on any atom is -0.358 e. The fraction of sp³-hybridized carbons (Fsp3) is 0.388. The van der Waals surface area contributed by atoms with E-state index in [0.717, 1.165) is 93.3 Å². The van der Waals surface area contributed by atoms with Gasteiger partial charge in [0.15, 0.2) is 5.11 Å². The summed E-state index contributed by atoms with van der Waals surface area (Å²) in [5, 5.41) is 24.2. The smallest absolute Gasteiger partial charge is 0.319 e. The van der Waals surface area contributed by atoms with Gasteiger partial charge in [-0.2, -0.15) is 0 Å². The molecule has 0 bridgehead atoms. The number of benzene rings is 7. The van der Waals surface area contributed by atoms with Crippen LogP contribution in [0, 0.1) is 0 Å². The molecule has 16 heteroatoms. The predicted molar refractivity (Wildman–Crippen MR) is 406 cm³/mol. The molecule has 0 fully saturated rings.